The van der Waals surface area contributed by atoms with Crippen molar-refractivity contribution in [2.45, 2.75) is 34.1 Å². The lowest BCUT2D eigenvalue weighted by Crippen LogP contribution is -1.96. The first kappa shape index (κ1) is 16.2. The van der Waals surface area contributed by atoms with Gasteiger partial charge in [-0.05, 0) is 61.6 Å². The van der Waals surface area contributed by atoms with Gasteiger partial charge in [0.1, 0.15) is 5.75 Å². The van der Waals surface area contributed by atoms with Crippen molar-refractivity contribution in [2.75, 3.05) is 0 Å². The summed E-state index contributed by atoms with van der Waals surface area (Å²) in [5.41, 5.74) is 4.25. The van der Waals surface area contributed by atoms with Gasteiger partial charge in [0.05, 0.1) is 5.56 Å². The molecule has 3 aromatic rings. The number of benzene rings is 1. The maximum Gasteiger partial charge on any atom is 0.259 e. The molecule has 2 heterocycles. The molecule has 0 fully saturated rings. The van der Waals surface area contributed by atoms with E-state index in [-0.39, 0.29) is 0 Å². The van der Waals surface area contributed by atoms with Crippen molar-refractivity contribution in [1.29, 1.82) is 0 Å². The summed E-state index contributed by atoms with van der Waals surface area (Å²) in [6, 6.07) is 7.64. The number of phenolic OH excluding ortho intramolecular Hbond substituents is 1. The summed E-state index contributed by atoms with van der Waals surface area (Å²) in [4.78, 5) is 8.91. The maximum absolute atomic E-state index is 9.88. The van der Waals surface area contributed by atoms with Gasteiger partial charge < -0.3 is 9.63 Å². The molecule has 124 valence electrons. The molecule has 24 heavy (non-hydrogen) atoms. The van der Waals surface area contributed by atoms with Gasteiger partial charge in [-0.15, -0.1) is 0 Å². The second-order valence-corrected chi connectivity index (χ2v) is 6.52. The minimum atomic E-state index is 0.299. The Morgan fingerprint density at radius 1 is 1.08 bits per heavy atom. The van der Waals surface area contributed by atoms with Crippen LogP contribution < -0.4 is 0 Å². The van der Waals surface area contributed by atoms with E-state index >= 15 is 0 Å². The molecule has 1 N–H and O–H groups in total. The average molecular weight is 323 g/mol. The van der Waals surface area contributed by atoms with E-state index in [1.165, 1.54) is 0 Å². The van der Waals surface area contributed by atoms with E-state index < -0.39 is 0 Å². The SMILES string of the molecule is Cc1cc(-c2noc(-c3ccc(CC(C)C)nc3)n2)cc(C)c1O. The van der Waals surface area contributed by atoms with Crippen molar-refractivity contribution in [3.8, 4) is 28.6 Å². The molecule has 0 amide bonds. The first-order chi connectivity index (χ1) is 11.4. The number of hydrogen-bond acceptors (Lipinski definition) is 5. The van der Waals surface area contributed by atoms with Gasteiger partial charge in [0, 0.05) is 17.5 Å². The van der Waals surface area contributed by atoms with Gasteiger partial charge in [0.25, 0.3) is 5.89 Å². The van der Waals surface area contributed by atoms with E-state index in [0.717, 1.165) is 34.4 Å². The molecule has 0 unspecified atom stereocenters. The predicted octanol–water partition coefficient (Wildman–Crippen LogP) is 4.32. The van der Waals surface area contributed by atoms with Gasteiger partial charge in [-0.2, -0.15) is 4.98 Å². The minimum absolute atomic E-state index is 0.299. The molecular weight excluding hydrogens is 302 g/mol. The monoisotopic (exact) mass is 323 g/mol. The van der Waals surface area contributed by atoms with Gasteiger partial charge >= 0.3 is 0 Å². The van der Waals surface area contributed by atoms with Gasteiger partial charge in [0.15, 0.2) is 0 Å². The third kappa shape index (κ3) is 3.30. The maximum atomic E-state index is 9.88. The third-order valence-electron chi connectivity index (χ3n) is 3.86. The van der Waals surface area contributed by atoms with Crippen LogP contribution in [0, 0.1) is 19.8 Å². The lowest BCUT2D eigenvalue weighted by Gasteiger charge is -2.04. The molecule has 0 aliphatic rings. The summed E-state index contributed by atoms with van der Waals surface area (Å²) >= 11 is 0. The Morgan fingerprint density at radius 3 is 2.38 bits per heavy atom. The van der Waals surface area contributed by atoms with Crippen LogP contribution in [0.5, 0.6) is 5.75 Å². The van der Waals surface area contributed by atoms with Crippen LogP contribution in [0.2, 0.25) is 0 Å². The Kier molecular flexibility index (Phi) is 4.34. The number of pyridine rings is 1. The normalized spacial score (nSPS) is 11.2. The molecule has 0 saturated carbocycles. The number of phenols is 1. The highest BCUT2D eigenvalue weighted by atomic mass is 16.5. The van der Waals surface area contributed by atoms with E-state index in [9.17, 15) is 5.11 Å². The molecule has 1 aromatic carbocycles. The molecular formula is C19H21N3O2. The smallest absolute Gasteiger partial charge is 0.259 e. The zero-order valence-corrected chi connectivity index (χ0v) is 14.4. The summed E-state index contributed by atoms with van der Waals surface area (Å²) in [7, 11) is 0. The van der Waals surface area contributed by atoms with Crippen molar-refractivity contribution in [1.82, 2.24) is 15.1 Å². The van der Waals surface area contributed by atoms with E-state index in [1.54, 1.807) is 6.20 Å². The van der Waals surface area contributed by atoms with Crippen LogP contribution in [0.1, 0.15) is 30.7 Å². The number of aromatic nitrogens is 3. The van der Waals surface area contributed by atoms with E-state index in [0.29, 0.717) is 23.4 Å². The second-order valence-electron chi connectivity index (χ2n) is 6.52. The fraction of sp³-hybridized carbons (Fsp3) is 0.316. The Hall–Kier alpha value is -2.69. The molecule has 0 bridgehead atoms. The quantitative estimate of drug-likeness (QED) is 0.774. The Balaban J connectivity index is 1.88. The molecule has 0 aliphatic heterocycles. The highest BCUT2D eigenvalue weighted by Crippen LogP contribution is 2.29. The van der Waals surface area contributed by atoms with Gasteiger partial charge in [-0.25, -0.2) is 0 Å². The number of aromatic hydroxyl groups is 1. The zero-order chi connectivity index (χ0) is 17.3. The van der Waals surface area contributed by atoms with E-state index in [4.69, 9.17) is 4.52 Å². The predicted molar refractivity (Wildman–Crippen MR) is 92.6 cm³/mol. The van der Waals surface area contributed by atoms with Gasteiger partial charge in [-0.3, -0.25) is 4.98 Å². The molecule has 0 aliphatic carbocycles. The molecule has 0 radical (unpaired) electrons. The Morgan fingerprint density at radius 2 is 1.79 bits per heavy atom. The molecule has 0 saturated heterocycles. The van der Waals surface area contributed by atoms with Crippen LogP contribution in [0.25, 0.3) is 22.8 Å². The average Bonchev–Trinajstić information content (AvgIpc) is 3.02. The molecule has 5 heteroatoms. The summed E-state index contributed by atoms with van der Waals surface area (Å²) in [6.07, 6.45) is 2.71. The molecule has 5 nitrogen and oxygen atoms in total. The van der Waals surface area contributed by atoms with Crippen LogP contribution in [0.15, 0.2) is 35.0 Å². The lowest BCUT2D eigenvalue weighted by molar-refractivity contribution is 0.432. The standard InChI is InChI=1S/C19H21N3O2/c1-11(2)7-16-6-5-14(10-20-16)19-21-18(22-24-19)15-8-12(3)17(23)13(4)9-15/h5-6,8-11,23H,7H2,1-4H3. The summed E-state index contributed by atoms with van der Waals surface area (Å²) in [5, 5.41) is 13.9. The fourth-order valence-corrected chi connectivity index (χ4v) is 2.63. The van der Waals surface area contributed by atoms with E-state index in [2.05, 4.69) is 29.0 Å². The van der Waals surface area contributed by atoms with Crippen molar-refractivity contribution in [3.63, 3.8) is 0 Å². The fourth-order valence-electron chi connectivity index (χ4n) is 2.63. The topological polar surface area (TPSA) is 72.0 Å². The Bertz CT molecular complexity index is 828. The first-order valence-electron chi connectivity index (χ1n) is 8.03. The minimum Gasteiger partial charge on any atom is -0.507 e. The van der Waals surface area contributed by atoms with Crippen molar-refractivity contribution in [2.24, 2.45) is 5.92 Å². The second kappa shape index (κ2) is 6.43. The summed E-state index contributed by atoms with van der Waals surface area (Å²) < 4.78 is 5.37. The molecule has 0 atom stereocenters. The first-order valence-corrected chi connectivity index (χ1v) is 8.03. The number of aryl methyl sites for hydroxylation is 2. The van der Waals surface area contributed by atoms with Gasteiger partial charge in [-0.1, -0.05) is 19.0 Å². The van der Waals surface area contributed by atoms with Crippen molar-refractivity contribution >= 4 is 0 Å². The third-order valence-corrected chi connectivity index (χ3v) is 3.86. The van der Waals surface area contributed by atoms with Crippen LogP contribution >= 0.6 is 0 Å². The summed E-state index contributed by atoms with van der Waals surface area (Å²) in [6.45, 7) is 8.04. The summed E-state index contributed by atoms with van der Waals surface area (Å²) in [5.74, 6) is 1.81. The Labute approximate surface area is 141 Å². The molecule has 0 spiro atoms. The number of nitrogens with zero attached hydrogens (tertiary/aromatic N) is 3. The largest absolute Gasteiger partial charge is 0.507 e. The van der Waals surface area contributed by atoms with Crippen LogP contribution in [0.4, 0.5) is 0 Å². The lowest BCUT2D eigenvalue weighted by atomic mass is 10.1. The van der Waals surface area contributed by atoms with Gasteiger partial charge in [0.2, 0.25) is 5.82 Å². The molecule has 3 rings (SSSR count). The van der Waals surface area contributed by atoms with Crippen LogP contribution in [-0.4, -0.2) is 20.2 Å². The van der Waals surface area contributed by atoms with Crippen LogP contribution in [0.3, 0.4) is 0 Å². The zero-order valence-electron chi connectivity index (χ0n) is 14.4. The molecule has 2 aromatic heterocycles. The van der Waals surface area contributed by atoms with Crippen molar-refractivity contribution in [3.05, 3.63) is 47.3 Å². The number of rotatable bonds is 4. The highest BCUT2D eigenvalue weighted by molar-refractivity contribution is 5.63. The number of hydrogen-bond donors (Lipinski definition) is 1. The van der Waals surface area contributed by atoms with Crippen LogP contribution in [-0.2, 0) is 6.42 Å². The van der Waals surface area contributed by atoms with Crippen molar-refractivity contribution < 1.29 is 9.63 Å². The van der Waals surface area contributed by atoms with E-state index in [1.807, 2.05) is 38.1 Å². The highest BCUT2D eigenvalue weighted by Gasteiger charge is 2.13.